The number of aromatic nitrogens is 1. The van der Waals surface area contributed by atoms with E-state index < -0.39 is 63.2 Å². The summed E-state index contributed by atoms with van der Waals surface area (Å²) in [6.45, 7) is 0.907. The zero-order chi connectivity index (χ0) is 24.9. The van der Waals surface area contributed by atoms with Crippen LogP contribution in [0.3, 0.4) is 0 Å². The van der Waals surface area contributed by atoms with Crippen LogP contribution in [0.15, 0.2) is 24.3 Å². The maximum absolute atomic E-state index is 13.7. The van der Waals surface area contributed by atoms with Crippen LogP contribution in [0.5, 0.6) is 0 Å². The molecule has 0 bridgehead atoms. The number of nitrogens with zero attached hydrogens (tertiary/aromatic N) is 2. The quantitative estimate of drug-likeness (QED) is 0.238. The molecule has 2 rings (SSSR count). The Bertz CT molecular complexity index is 1110. The van der Waals surface area contributed by atoms with Crippen LogP contribution >= 0.6 is 0 Å². The molecule has 0 saturated heterocycles. The molecule has 13 heteroatoms. The van der Waals surface area contributed by atoms with Crippen molar-refractivity contribution < 1.29 is 45.9 Å². The van der Waals surface area contributed by atoms with Crippen molar-refractivity contribution in [2.24, 2.45) is 0 Å². The van der Waals surface area contributed by atoms with E-state index in [9.17, 15) is 41.7 Å². The molecule has 0 aliphatic heterocycles. The van der Waals surface area contributed by atoms with Gasteiger partial charge in [-0.05, 0) is 19.1 Å². The largest absolute Gasteiger partial charge is 0.465 e. The topological polar surface area (TPSA) is 109 Å². The Balaban J connectivity index is 3.00. The van der Waals surface area contributed by atoms with Gasteiger partial charge in [0.05, 0.1) is 35.3 Å². The molecule has 0 atom stereocenters. The molecule has 0 saturated carbocycles. The van der Waals surface area contributed by atoms with Gasteiger partial charge in [-0.25, -0.2) is 23.4 Å². The van der Waals surface area contributed by atoms with Gasteiger partial charge >= 0.3 is 18.1 Å². The maximum atomic E-state index is 13.7. The van der Waals surface area contributed by atoms with Gasteiger partial charge in [0.25, 0.3) is 12.1 Å². The van der Waals surface area contributed by atoms with Crippen molar-refractivity contribution in [3.05, 3.63) is 68.0 Å². The highest BCUT2D eigenvalue weighted by atomic mass is 19.4. The standard InChI is InChI=1S/C20H15F5N2O6/c1-3-33-19(29)14-11(9-8-10-6-4-5-7-12(10)27(30)31)13(18(28)32-2)15(17(21)22)26-16(14)20(23,24)25/h4-9,17H,3H2,1-2H3/b9-8+. The first kappa shape index (κ1) is 25.4. The summed E-state index contributed by atoms with van der Waals surface area (Å²) in [4.78, 5) is 38.0. The van der Waals surface area contributed by atoms with Crippen LogP contribution in [-0.2, 0) is 15.7 Å². The molecule has 0 radical (unpaired) electrons. The molecule has 0 aliphatic rings. The third-order valence-corrected chi connectivity index (χ3v) is 4.17. The molecule has 8 nitrogen and oxygen atoms in total. The number of methoxy groups -OCH3 is 1. The van der Waals surface area contributed by atoms with Gasteiger partial charge < -0.3 is 9.47 Å². The minimum atomic E-state index is -5.39. The van der Waals surface area contributed by atoms with Gasteiger partial charge in [0.2, 0.25) is 0 Å². The number of nitro benzene ring substituents is 1. The summed E-state index contributed by atoms with van der Waals surface area (Å²) >= 11 is 0. The second-order valence-corrected chi connectivity index (χ2v) is 6.17. The lowest BCUT2D eigenvalue weighted by Gasteiger charge is -2.19. The normalized spacial score (nSPS) is 11.6. The van der Waals surface area contributed by atoms with Crippen molar-refractivity contribution in [1.29, 1.82) is 0 Å². The van der Waals surface area contributed by atoms with E-state index in [1.165, 1.54) is 25.1 Å². The summed E-state index contributed by atoms with van der Waals surface area (Å²) < 4.78 is 77.3. The fourth-order valence-electron chi connectivity index (χ4n) is 2.85. The highest BCUT2D eigenvalue weighted by Crippen LogP contribution is 2.38. The van der Waals surface area contributed by atoms with E-state index in [1.54, 1.807) is 0 Å². The summed E-state index contributed by atoms with van der Waals surface area (Å²) in [7, 11) is 0.787. The molecule has 0 unspecified atom stereocenters. The van der Waals surface area contributed by atoms with Crippen molar-refractivity contribution in [1.82, 2.24) is 4.98 Å². The molecule has 1 aromatic carbocycles. The Labute approximate surface area is 182 Å². The van der Waals surface area contributed by atoms with E-state index in [4.69, 9.17) is 0 Å². The first-order valence-corrected chi connectivity index (χ1v) is 9.04. The number of pyridine rings is 1. The average molecular weight is 474 g/mol. The predicted octanol–water partition coefficient (Wildman–Crippen LogP) is 5.08. The van der Waals surface area contributed by atoms with Gasteiger partial charge in [0.1, 0.15) is 5.69 Å². The van der Waals surface area contributed by atoms with E-state index in [1.807, 2.05) is 0 Å². The van der Waals surface area contributed by atoms with Gasteiger partial charge in [0.15, 0.2) is 5.69 Å². The van der Waals surface area contributed by atoms with Crippen LogP contribution in [0.1, 0.15) is 56.6 Å². The number of hydrogen-bond acceptors (Lipinski definition) is 7. The van der Waals surface area contributed by atoms with Crippen molar-refractivity contribution >= 4 is 29.8 Å². The second kappa shape index (κ2) is 10.1. The number of carbonyl (C=O) groups is 2. The van der Waals surface area contributed by atoms with Crippen LogP contribution < -0.4 is 0 Å². The molecule has 0 fully saturated rings. The molecule has 0 aliphatic carbocycles. The SMILES string of the molecule is CCOC(=O)c1c(C(F)(F)F)nc(C(F)F)c(C(=O)OC)c1/C=C/c1ccccc1[N+](=O)[O-]. The Hall–Kier alpha value is -3.90. The molecular formula is C20H15F5N2O6. The highest BCUT2D eigenvalue weighted by Gasteiger charge is 2.42. The molecular weight excluding hydrogens is 459 g/mol. The number of para-hydroxylation sites is 1. The number of esters is 2. The summed E-state index contributed by atoms with van der Waals surface area (Å²) in [6, 6.07) is 5.00. The van der Waals surface area contributed by atoms with Crippen LogP contribution in [0, 0.1) is 10.1 Å². The number of alkyl halides is 5. The Morgan fingerprint density at radius 3 is 2.30 bits per heavy atom. The van der Waals surface area contributed by atoms with E-state index in [2.05, 4.69) is 14.5 Å². The van der Waals surface area contributed by atoms with E-state index in [-0.39, 0.29) is 12.2 Å². The summed E-state index contributed by atoms with van der Waals surface area (Å²) in [5.41, 5.74) is -7.56. The fraction of sp³-hybridized carbons (Fsp3) is 0.250. The van der Waals surface area contributed by atoms with Gasteiger partial charge in [0, 0.05) is 11.6 Å². The summed E-state index contributed by atoms with van der Waals surface area (Å²) in [5, 5.41) is 11.2. The number of benzene rings is 1. The number of rotatable bonds is 7. The monoisotopic (exact) mass is 474 g/mol. The Kier molecular flexibility index (Phi) is 7.80. The number of halogens is 5. The molecule has 1 heterocycles. The number of hydrogen-bond donors (Lipinski definition) is 0. The first-order chi connectivity index (χ1) is 15.4. The summed E-state index contributed by atoms with van der Waals surface area (Å²) in [5.74, 6) is -3.09. The fourth-order valence-corrected chi connectivity index (χ4v) is 2.85. The number of nitro groups is 1. The predicted molar refractivity (Wildman–Crippen MR) is 104 cm³/mol. The lowest BCUT2D eigenvalue weighted by Crippen LogP contribution is -2.24. The minimum Gasteiger partial charge on any atom is -0.465 e. The van der Waals surface area contributed by atoms with Crippen molar-refractivity contribution in [3.8, 4) is 0 Å². The van der Waals surface area contributed by atoms with Crippen molar-refractivity contribution in [2.75, 3.05) is 13.7 Å². The number of ether oxygens (including phenoxy) is 2. The molecule has 33 heavy (non-hydrogen) atoms. The van der Waals surface area contributed by atoms with Gasteiger partial charge in [-0.3, -0.25) is 10.1 Å². The summed E-state index contributed by atoms with van der Waals surface area (Å²) in [6.07, 6.45) is -7.45. The van der Waals surface area contributed by atoms with Crippen LogP contribution in [-0.4, -0.2) is 35.6 Å². The van der Waals surface area contributed by atoms with Crippen molar-refractivity contribution in [2.45, 2.75) is 19.5 Å². The highest BCUT2D eigenvalue weighted by molar-refractivity contribution is 6.04. The van der Waals surface area contributed by atoms with Crippen LogP contribution in [0.2, 0.25) is 0 Å². The molecule has 0 amide bonds. The smallest absolute Gasteiger partial charge is 0.434 e. The van der Waals surface area contributed by atoms with Gasteiger partial charge in [-0.1, -0.05) is 18.2 Å². The lowest BCUT2D eigenvalue weighted by molar-refractivity contribution is -0.385. The van der Waals surface area contributed by atoms with Gasteiger partial charge in [-0.15, -0.1) is 0 Å². The van der Waals surface area contributed by atoms with Crippen LogP contribution in [0.4, 0.5) is 27.6 Å². The zero-order valence-electron chi connectivity index (χ0n) is 17.0. The molecule has 176 valence electrons. The van der Waals surface area contributed by atoms with Crippen LogP contribution in [0.25, 0.3) is 12.2 Å². The third kappa shape index (κ3) is 5.48. The van der Waals surface area contributed by atoms with E-state index in [0.717, 1.165) is 19.3 Å². The molecule has 0 N–H and O–H groups in total. The molecule has 0 spiro atoms. The van der Waals surface area contributed by atoms with E-state index >= 15 is 0 Å². The number of carbonyl (C=O) groups excluding carboxylic acids is 2. The third-order valence-electron chi connectivity index (χ3n) is 4.17. The zero-order valence-corrected chi connectivity index (χ0v) is 17.0. The Morgan fingerprint density at radius 1 is 1.15 bits per heavy atom. The Morgan fingerprint density at radius 2 is 1.79 bits per heavy atom. The average Bonchev–Trinajstić information content (AvgIpc) is 2.75. The molecule has 2 aromatic rings. The maximum Gasteiger partial charge on any atom is 0.434 e. The molecule has 1 aromatic heterocycles. The lowest BCUT2D eigenvalue weighted by atomic mass is 9.96. The second-order valence-electron chi connectivity index (χ2n) is 6.17. The van der Waals surface area contributed by atoms with Crippen molar-refractivity contribution in [3.63, 3.8) is 0 Å². The first-order valence-electron chi connectivity index (χ1n) is 9.04. The minimum absolute atomic E-state index is 0.142. The van der Waals surface area contributed by atoms with E-state index in [0.29, 0.717) is 6.08 Å². The van der Waals surface area contributed by atoms with Gasteiger partial charge in [-0.2, -0.15) is 13.2 Å².